The molecule has 0 radical (unpaired) electrons. The molecule has 3 aromatic heterocycles. The number of rotatable bonds is 5. The lowest BCUT2D eigenvalue weighted by Crippen LogP contribution is -2.23. The third-order valence-corrected chi connectivity index (χ3v) is 8.21. The topological polar surface area (TPSA) is 110 Å². The van der Waals surface area contributed by atoms with Crippen LogP contribution in [-0.4, -0.2) is 44.4 Å². The summed E-state index contributed by atoms with van der Waals surface area (Å²) in [5, 5.41) is 13.0. The summed E-state index contributed by atoms with van der Waals surface area (Å²) in [6, 6.07) is 7.82. The quantitative estimate of drug-likeness (QED) is 0.292. The smallest absolute Gasteiger partial charge is 0.341 e. The summed E-state index contributed by atoms with van der Waals surface area (Å²) in [4.78, 5) is 34.7. The van der Waals surface area contributed by atoms with Gasteiger partial charge in [-0.05, 0) is 44.2 Å². The number of fused-ring (bicyclic) bond motifs is 4. The molecule has 1 amide bonds. The number of benzene rings is 1. The van der Waals surface area contributed by atoms with Crippen molar-refractivity contribution in [3.05, 3.63) is 40.3 Å². The molecule has 0 saturated carbocycles. The van der Waals surface area contributed by atoms with Crippen molar-refractivity contribution in [1.29, 1.82) is 0 Å². The molecule has 0 aliphatic heterocycles. The molecule has 0 bridgehead atoms. The number of H-pyrrole nitrogens is 1. The van der Waals surface area contributed by atoms with Crippen molar-refractivity contribution >= 4 is 62.0 Å². The Morgan fingerprint density at radius 3 is 2.76 bits per heavy atom. The molecule has 0 spiro atoms. The summed E-state index contributed by atoms with van der Waals surface area (Å²) in [6.07, 6.45) is 6.23. The van der Waals surface area contributed by atoms with Gasteiger partial charge in [0.05, 0.1) is 17.9 Å². The lowest BCUT2D eigenvalue weighted by molar-refractivity contribution is -0.115. The number of carbonyl (C=O) groups is 2. The summed E-state index contributed by atoms with van der Waals surface area (Å²) >= 11 is 2.72. The third kappa shape index (κ3) is 4.39. The molecule has 2 N–H and O–H groups in total. The van der Waals surface area contributed by atoms with Crippen LogP contribution in [0.1, 0.15) is 53.4 Å². The van der Waals surface area contributed by atoms with Gasteiger partial charge in [-0.3, -0.25) is 4.79 Å². The highest BCUT2D eigenvalue weighted by atomic mass is 32.2. The fraction of sp³-hybridized carbons (Fsp3) is 0.375. The third-order valence-electron chi connectivity index (χ3n) is 6.05. The number of hydrogen-bond donors (Lipinski definition) is 2. The van der Waals surface area contributed by atoms with Gasteiger partial charge in [0.2, 0.25) is 11.1 Å². The van der Waals surface area contributed by atoms with Crippen molar-refractivity contribution in [3.8, 4) is 0 Å². The first-order chi connectivity index (χ1) is 16.5. The lowest BCUT2D eigenvalue weighted by atomic mass is 9.96. The summed E-state index contributed by atoms with van der Waals surface area (Å²) in [6.45, 7) is 1.79. The summed E-state index contributed by atoms with van der Waals surface area (Å²) in [5.41, 5.74) is 3.82. The largest absolute Gasteiger partial charge is 0.465 e. The van der Waals surface area contributed by atoms with Crippen molar-refractivity contribution in [2.75, 3.05) is 12.4 Å². The van der Waals surface area contributed by atoms with Crippen LogP contribution in [0, 0.1) is 0 Å². The van der Waals surface area contributed by atoms with Crippen molar-refractivity contribution < 1.29 is 14.3 Å². The zero-order valence-electron chi connectivity index (χ0n) is 19.0. The van der Waals surface area contributed by atoms with Crippen LogP contribution in [0.15, 0.2) is 29.4 Å². The lowest BCUT2D eigenvalue weighted by Gasteiger charge is -2.12. The maximum absolute atomic E-state index is 13.1. The molecule has 1 aliphatic rings. The highest BCUT2D eigenvalue weighted by Crippen LogP contribution is 2.38. The number of nitrogens with zero attached hydrogens (tertiary/aromatic N) is 3. The molecule has 1 unspecified atom stereocenters. The molecule has 0 fully saturated rings. The Morgan fingerprint density at radius 2 is 1.94 bits per heavy atom. The molecule has 3 heterocycles. The van der Waals surface area contributed by atoms with Crippen LogP contribution in [-0.2, 0) is 22.4 Å². The van der Waals surface area contributed by atoms with E-state index in [0.29, 0.717) is 26.9 Å². The van der Waals surface area contributed by atoms with E-state index in [1.165, 1.54) is 41.5 Å². The number of aromatic amines is 1. The molecule has 34 heavy (non-hydrogen) atoms. The summed E-state index contributed by atoms with van der Waals surface area (Å²) in [7, 11) is 1.38. The molecule has 8 nitrogen and oxygen atoms in total. The molecule has 10 heteroatoms. The molecule has 1 atom stereocenters. The molecular weight excluding hydrogens is 470 g/mol. The first kappa shape index (κ1) is 22.8. The standard InChI is InChI=1S/C24H25N5O3S2/c1-13(33-24-26-20-19(28-29-24)14-9-7-8-11-16(14)25-20)21(30)27-22-18(23(31)32-2)15-10-5-3-4-6-12-17(15)34-22/h7-9,11,13H,3-6,10,12H2,1-2H3,(H,27,30)(H,25,26,29). The SMILES string of the molecule is COC(=O)c1c(NC(=O)C(C)Sc2nnc3c(n2)[nH]c2ccccc23)sc2c1CCCCCC2. The Bertz CT molecular complexity index is 1380. The van der Waals surface area contributed by atoms with E-state index in [2.05, 4.69) is 25.5 Å². The number of methoxy groups -OCH3 is 1. The van der Waals surface area contributed by atoms with Crippen LogP contribution >= 0.6 is 23.1 Å². The van der Waals surface area contributed by atoms with E-state index < -0.39 is 11.2 Å². The van der Waals surface area contributed by atoms with Gasteiger partial charge in [-0.2, -0.15) is 0 Å². The molecule has 176 valence electrons. The molecule has 4 aromatic rings. The molecule has 1 aliphatic carbocycles. The normalized spacial score (nSPS) is 14.9. The second-order valence-electron chi connectivity index (χ2n) is 8.33. The Labute approximate surface area is 204 Å². The number of aromatic nitrogens is 4. The van der Waals surface area contributed by atoms with Crippen LogP contribution < -0.4 is 5.32 Å². The van der Waals surface area contributed by atoms with Gasteiger partial charge >= 0.3 is 5.97 Å². The monoisotopic (exact) mass is 495 g/mol. The van der Waals surface area contributed by atoms with Gasteiger partial charge in [0.15, 0.2) is 5.65 Å². The number of para-hydroxylation sites is 1. The average molecular weight is 496 g/mol. The number of thioether (sulfide) groups is 1. The van der Waals surface area contributed by atoms with Gasteiger partial charge in [0, 0.05) is 15.8 Å². The highest BCUT2D eigenvalue weighted by Gasteiger charge is 2.27. The van der Waals surface area contributed by atoms with Gasteiger partial charge in [-0.15, -0.1) is 21.5 Å². The average Bonchev–Trinajstić information content (AvgIpc) is 3.35. The Morgan fingerprint density at radius 1 is 1.15 bits per heavy atom. The van der Waals surface area contributed by atoms with Gasteiger partial charge in [-0.1, -0.05) is 42.8 Å². The van der Waals surface area contributed by atoms with Crippen molar-refractivity contribution in [1.82, 2.24) is 20.2 Å². The van der Waals surface area contributed by atoms with Crippen LogP contribution in [0.4, 0.5) is 5.00 Å². The Balaban J connectivity index is 1.36. The van der Waals surface area contributed by atoms with Crippen molar-refractivity contribution in [3.63, 3.8) is 0 Å². The fourth-order valence-electron chi connectivity index (χ4n) is 4.31. The fourth-order valence-corrected chi connectivity index (χ4v) is 6.30. The number of esters is 1. The number of nitrogens with one attached hydrogen (secondary N) is 2. The first-order valence-corrected chi connectivity index (χ1v) is 13.1. The van der Waals surface area contributed by atoms with Crippen molar-refractivity contribution in [2.45, 2.75) is 55.9 Å². The number of aryl methyl sites for hydroxylation is 1. The number of carbonyl (C=O) groups excluding carboxylic acids is 2. The van der Waals surface area contributed by atoms with E-state index in [0.717, 1.165) is 48.6 Å². The minimum Gasteiger partial charge on any atom is -0.465 e. The van der Waals surface area contributed by atoms with E-state index in [4.69, 9.17) is 4.74 Å². The minimum absolute atomic E-state index is 0.218. The zero-order chi connectivity index (χ0) is 23.7. The van der Waals surface area contributed by atoms with Crippen molar-refractivity contribution in [2.24, 2.45) is 0 Å². The van der Waals surface area contributed by atoms with E-state index in [1.807, 2.05) is 24.3 Å². The van der Waals surface area contributed by atoms with Gasteiger partial charge in [-0.25, -0.2) is 9.78 Å². The first-order valence-electron chi connectivity index (χ1n) is 11.4. The maximum atomic E-state index is 13.1. The van der Waals surface area contributed by atoms with Crippen LogP contribution in [0.3, 0.4) is 0 Å². The predicted molar refractivity (Wildman–Crippen MR) is 135 cm³/mol. The Hall–Kier alpha value is -2.98. The van der Waals surface area contributed by atoms with Gasteiger partial charge in [0.25, 0.3) is 0 Å². The minimum atomic E-state index is -0.487. The number of ether oxygens (including phenoxy) is 1. The number of amides is 1. The highest BCUT2D eigenvalue weighted by molar-refractivity contribution is 8.00. The second kappa shape index (κ2) is 9.71. The molecule has 5 rings (SSSR count). The van der Waals surface area contributed by atoms with Gasteiger partial charge in [0.1, 0.15) is 10.5 Å². The Kier molecular flexibility index (Phi) is 6.51. The molecule has 0 saturated heterocycles. The van der Waals surface area contributed by atoms with Crippen LogP contribution in [0.2, 0.25) is 0 Å². The van der Waals surface area contributed by atoms with E-state index in [1.54, 1.807) is 6.92 Å². The van der Waals surface area contributed by atoms with E-state index in [-0.39, 0.29) is 5.91 Å². The summed E-state index contributed by atoms with van der Waals surface area (Å²) in [5.74, 6) is -0.616. The molecular formula is C24H25N5O3S2. The number of hydrogen-bond acceptors (Lipinski definition) is 8. The molecule has 1 aromatic carbocycles. The number of thiophene rings is 1. The van der Waals surface area contributed by atoms with Crippen LogP contribution in [0.25, 0.3) is 22.1 Å². The number of anilines is 1. The van der Waals surface area contributed by atoms with Gasteiger partial charge < -0.3 is 15.0 Å². The zero-order valence-corrected chi connectivity index (χ0v) is 20.6. The van der Waals surface area contributed by atoms with E-state index in [9.17, 15) is 9.59 Å². The second-order valence-corrected chi connectivity index (χ2v) is 10.7. The maximum Gasteiger partial charge on any atom is 0.341 e. The predicted octanol–water partition coefficient (Wildman–Crippen LogP) is 5.13. The summed E-state index contributed by atoms with van der Waals surface area (Å²) < 4.78 is 5.06. The van der Waals surface area contributed by atoms with E-state index >= 15 is 0 Å². The van der Waals surface area contributed by atoms with Crippen LogP contribution in [0.5, 0.6) is 0 Å².